The van der Waals surface area contributed by atoms with Crippen molar-refractivity contribution in [3.63, 3.8) is 0 Å². The number of aromatic nitrogens is 2. The van der Waals surface area contributed by atoms with Crippen molar-refractivity contribution in [2.75, 3.05) is 39.0 Å². The molecular formula is C13H21N5O3. The molecule has 0 aliphatic carbocycles. The number of likely N-dealkylation sites (tertiary alicyclic amines) is 1. The van der Waals surface area contributed by atoms with E-state index in [0.717, 1.165) is 19.5 Å². The molecule has 0 radical (unpaired) electrons. The monoisotopic (exact) mass is 295 g/mol. The molecule has 8 heteroatoms. The van der Waals surface area contributed by atoms with Crippen molar-refractivity contribution in [1.29, 1.82) is 0 Å². The summed E-state index contributed by atoms with van der Waals surface area (Å²) >= 11 is 0. The molecule has 1 saturated heterocycles. The predicted molar refractivity (Wildman–Crippen MR) is 77.1 cm³/mol. The van der Waals surface area contributed by atoms with E-state index in [0.29, 0.717) is 18.2 Å². The Balaban J connectivity index is 1.82. The lowest BCUT2D eigenvalue weighted by atomic mass is 10.1. The highest BCUT2D eigenvalue weighted by atomic mass is 16.4. The number of anilines is 1. The molecule has 0 aromatic carbocycles. The van der Waals surface area contributed by atoms with E-state index in [1.54, 1.807) is 11.9 Å². The minimum Gasteiger partial charge on any atom is -0.480 e. The molecule has 2 heterocycles. The van der Waals surface area contributed by atoms with Gasteiger partial charge in [0.2, 0.25) is 0 Å². The summed E-state index contributed by atoms with van der Waals surface area (Å²) in [5, 5.41) is 15.3. The van der Waals surface area contributed by atoms with Crippen LogP contribution >= 0.6 is 0 Å². The van der Waals surface area contributed by atoms with Crippen molar-refractivity contribution < 1.29 is 14.7 Å². The van der Waals surface area contributed by atoms with Crippen LogP contribution in [0.5, 0.6) is 0 Å². The molecule has 2 N–H and O–H groups in total. The van der Waals surface area contributed by atoms with Gasteiger partial charge in [-0.1, -0.05) is 0 Å². The van der Waals surface area contributed by atoms with Crippen molar-refractivity contribution in [3.05, 3.63) is 12.4 Å². The highest BCUT2D eigenvalue weighted by Gasteiger charge is 2.22. The molecule has 0 saturated carbocycles. The Morgan fingerprint density at radius 3 is 2.95 bits per heavy atom. The maximum atomic E-state index is 12.1. The van der Waals surface area contributed by atoms with E-state index in [1.165, 1.54) is 17.1 Å². The van der Waals surface area contributed by atoms with Gasteiger partial charge in [0.1, 0.15) is 6.54 Å². The molecule has 1 unspecified atom stereocenters. The molecule has 1 aromatic rings. The SMILES string of the molecule is CN1CCC(CN(C)C(=O)Nc2cnn(CC(=O)O)c2)C1. The van der Waals surface area contributed by atoms with Crippen LogP contribution < -0.4 is 5.32 Å². The maximum absolute atomic E-state index is 12.1. The maximum Gasteiger partial charge on any atom is 0.325 e. The Kier molecular flexibility index (Phi) is 4.79. The number of carboxylic acid groups (broad SMARTS) is 1. The van der Waals surface area contributed by atoms with E-state index in [-0.39, 0.29) is 12.6 Å². The van der Waals surface area contributed by atoms with Crippen molar-refractivity contribution in [1.82, 2.24) is 19.6 Å². The van der Waals surface area contributed by atoms with Crippen LogP contribution in [-0.4, -0.2) is 70.4 Å². The number of nitrogens with zero attached hydrogens (tertiary/aromatic N) is 4. The van der Waals surface area contributed by atoms with Gasteiger partial charge in [-0.3, -0.25) is 9.48 Å². The van der Waals surface area contributed by atoms with Gasteiger partial charge < -0.3 is 20.2 Å². The third kappa shape index (κ3) is 4.45. The van der Waals surface area contributed by atoms with Gasteiger partial charge in [-0.2, -0.15) is 5.10 Å². The fourth-order valence-electron chi connectivity index (χ4n) is 2.52. The zero-order valence-corrected chi connectivity index (χ0v) is 12.3. The van der Waals surface area contributed by atoms with Gasteiger partial charge in [0.05, 0.1) is 11.9 Å². The Morgan fingerprint density at radius 2 is 2.33 bits per heavy atom. The van der Waals surface area contributed by atoms with E-state index in [2.05, 4.69) is 22.4 Å². The van der Waals surface area contributed by atoms with E-state index < -0.39 is 5.97 Å². The fourth-order valence-corrected chi connectivity index (χ4v) is 2.52. The van der Waals surface area contributed by atoms with Crippen LogP contribution in [0.1, 0.15) is 6.42 Å². The zero-order chi connectivity index (χ0) is 15.4. The van der Waals surface area contributed by atoms with Gasteiger partial charge in [0.25, 0.3) is 0 Å². The van der Waals surface area contributed by atoms with Crippen molar-refractivity contribution >= 4 is 17.7 Å². The summed E-state index contributed by atoms with van der Waals surface area (Å²) in [7, 11) is 3.84. The van der Waals surface area contributed by atoms with Gasteiger partial charge in [-0.15, -0.1) is 0 Å². The Labute approximate surface area is 123 Å². The number of nitrogens with one attached hydrogen (secondary N) is 1. The second-order valence-corrected chi connectivity index (χ2v) is 5.55. The van der Waals surface area contributed by atoms with Crippen molar-refractivity contribution in [2.45, 2.75) is 13.0 Å². The molecular weight excluding hydrogens is 274 g/mol. The number of aliphatic carboxylic acids is 1. The van der Waals surface area contributed by atoms with Gasteiger partial charge in [-0.25, -0.2) is 4.79 Å². The first kappa shape index (κ1) is 15.3. The van der Waals surface area contributed by atoms with Gasteiger partial charge >= 0.3 is 12.0 Å². The smallest absolute Gasteiger partial charge is 0.325 e. The average molecular weight is 295 g/mol. The van der Waals surface area contributed by atoms with Gasteiger partial charge in [0.15, 0.2) is 0 Å². The summed E-state index contributed by atoms with van der Waals surface area (Å²) < 4.78 is 1.27. The minimum absolute atomic E-state index is 0.209. The van der Waals surface area contributed by atoms with Crippen molar-refractivity contribution in [3.8, 4) is 0 Å². The molecule has 1 aliphatic rings. The lowest BCUT2D eigenvalue weighted by Gasteiger charge is -2.21. The zero-order valence-electron chi connectivity index (χ0n) is 12.3. The quantitative estimate of drug-likeness (QED) is 0.819. The average Bonchev–Trinajstić information content (AvgIpc) is 2.98. The van der Waals surface area contributed by atoms with Crippen LogP contribution in [0.3, 0.4) is 0 Å². The number of amides is 2. The number of hydrogen-bond acceptors (Lipinski definition) is 4. The molecule has 1 aromatic heterocycles. The largest absolute Gasteiger partial charge is 0.480 e. The summed E-state index contributed by atoms with van der Waals surface area (Å²) in [6.07, 6.45) is 4.05. The lowest BCUT2D eigenvalue weighted by Crippen LogP contribution is -2.35. The number of carboxylic acids is 1. The first-order valence-corrected chi connectivity index (χ1v) is 6.89. The standard InChI is InChI=1S/C13H21N5O3/c1-16-4-3-10(6-16)7-17(2)13(21)15-11-5-14-18(8-11)9-12(19)20/h5,8,10H,3-4,6-7,9H2,1-2H3,(H,15,21)(H,19,20). The normalized spacial score (nSPS) is 18.7. The number of carbonyl (C=O) groups is 2. The highest BCUT2D eigenvalue weighted by molar-refractivity contribution is 5.88. The highest BCUT2D eigenvalue weighted by Crippen LogP contribution is 2.15. The van der Waals surface area contributed by atoms with Gasteiger partial charge in [-0.05, 0) is 25.9 Å². The summed E-state index contributed by atoms with van der Waals surface area (Å²) in [4.78, 5) is 26.5. The molecule has 116 valence electrons. The number of urea groups is 1. The lowest BCUT2D eigenvalue weighted by molar-refractivity contribution is -0.137. The summed E-state index contributed by atoms with van der Waals surface area (Å²) in [5.41, 5.74) is 0.497. The second kappa shape index (κ2) is 6.57. The first-order valence-electron chi connectivity index (χ1n) is 6.89. The molecule has 1 fully saturated rings. The molecule has 21 heavy (non-hydrogen) atoms. The molecule has 2 rings (SSSR count). The van der Waals surface area contributed by atoms with Crippen LogP contribution in [0.15, 0.2) is 12.4 Å². The van der Waals surface area contributed by atoms with Crippen LogP contribution in [-0.2, 0) is 11.3 Å². The molecule has 2 amide bonds. The molecule has 1 aliphatic heterocycles. The topological polar surface area (TPSA) is 90.7 Å². The fraction of sp³-hybridized carbons (Fsp3) is 0.615. The number of rotatable bonds is 5. The Bertz CT molecular complexity index is 516. The van der Waals surface area contributed by atoms with E-state index in [9.17, 15) is 9.59 Å². The molecule has 8 nitrogen and oxygen atoms in total. The predicted octanol–water partition coefficient (Wildman–Crippen LogP) is 0.383. The Hall–Kier alpha value is -2.09. The summed E-state index contributed by atoms with van der Waals surface area (Å²) in [5.74, 6) is -0.473. The van der Waals surface area contributed by atoms with E-state index >= 15 is 0 Å². The van der Waals surface area contributed by atoms with Crippen molar-refractivity contribution in [2.24, 2.45) is 5.92 Å². The molecule has 0 bridgehead atoms. The molecule has 0 spiro atoms. The van der Waals surface area contributed by atoms with Gasteiger partial charge in [0, 0.05) is 26.3 Å². The third-order valence-electron chi connectivity index (χ3n) is 3.55. The van der Waals surface area contributed by atoms with Crippen LogP contribution in [0.2, 0.25) is 0 Å². The molecule has 1 atom stereocenters. The second-order valence-electron chi connectivity index (χ2n) is 5.55. The number of hydrogen-bond donors (Lipinski definition) is 2. The third-order valence-corrected chi connectivity index (χ3v) is 3.55. The first-order chi connectivity index (χ1) is 9.94. The van der Waals surface area contributed by atoms with Crippen LogP contribution in [0.4, 0.5) is 10.5 Å². The summed E-state index contributed by atoms with van der Waals surface area (Å²) in [6, 6.07) is -0.209. The Morgan fingerprint density at radius 1 is 1.57 bits per heavy atom. The van der Waals surface area contributed by atoms with Crippen LogP contribution in [0, 0.1) is 5.92 Å². The van der Waals surface area contributed by atoms with E-state index in [4.69, 9.17) is 5.11 Å². The van der Waals surface area contributed by atoms with Crippen LogP contribution in [0.25, 0.3) is 0 Å². The summed E-state index contributed by atoms with van der Waals surface area (Å²) in [6.45, 7) is 2.57. The van der Waals surface area contributed by atoms with E-state index in [1.807, 2.05) is 0 Å². The minimum atomic E-state index is -0.974. The number of carbonyl (C=O) groups excluding carboxylic acids is 1.